The Morgan fingerprint density at radius 3 is 2.50 bits per heavy atom. The van der Waals surface area contributed by atoms with Gasteiger partial charge < -0.3 is 15.5 Å². The smallest absolute Gasteiger partial charge is 0.0109 e. The van der Waals surface area contributed by atoms with Gasteiger partial charge in [-0.1, -0.05) is 19.8 Å². The lowest BCUT2D eigenvalue weighted by molar-refractivity contribution is 0.0969. The fourth-order valence-electron chi connectivity index (χ4n) is 3.53. The molecule has 106 valence electrons. The molecule has 0 aromatic carbocycles. The predicted molar refractivity (Wildman–Crippen MR) is 77.7 cm³/mol. The molecule has 18 heavy (non-hydrogen) atoms. The second-order valence-electron chi connectivity index (χ2n) is 6.82. The molecule has 1 heterocycles. The number of hydrogen-bond donors (Lipinski definition) is 1. The van der Waals surface area contributed by atoms with Crippen molar-refractivity contribution in [2.24, 2.45) is 17.1 Å². The molecule has 0 atom stereocenters. The molecule has 1 aliphatic heterocycles. The van der Waals surface area contributed by atoms with Crippen molar-refractivity contribution in [2.45, 2.75) is 39.0 Å². The zero-order valence-corrected chi connectivity index (χ0v) is 12.3. The fraction of sp³-hybridized carbons (Fsp3) is 1.00. The Hall–Kier alpha value is -0.120. The predicted octanol–water partition coefficient (Wildman–Crippen LogP) is 1.78. The minimum absolute atomic E-state index is 0.426. The van der Waals surface area contributed by atoms with Gasteiger partial charge in [0.1, 0.15) is 0 Å². The maximum absolute atomic E-state index is 6.13. The minimum atomic E-state index is 0.426. The highest BCUT2D eigenvalue weighted by atomic mass is 15.2. The summed E-state index contributed by atoms with van der Waals surface area (Å²) in [7, 11) is 2.24. The van der Waals surface area contributed by atoms with Crippen LogP contribution in [-0.4, -0.2) is 56.1 Å². The molecule has 0 unspecified atom stereocenters. The van der Waals surface area contributed by atoms with Crippen molar-refractivity contribution in [3.8, 4) is 0 Å². The van der Waals surface area contributed by atoms with E-state index in [-0.39, 0.29) is 0 Å². The molecular weight excluding hydrogens is 222 g/mol. The molecule has 2 rings (SSSR count). The third kappa shape index (κ3) is 3.69. The maximum atomic E-state index is 6.13. The SMILES string of the molecule is CC1CCC(CN)(CN2CCCN(C)CC2)CC1. The zero-order valence-electron chi connectivity index (χ0n) is 12.3. The van der Waals surface area contributed by atoms with Gasteiger partial charge in [0.25, 0.3) is 0 Å². The van der Waals surface area contributed by atoms with Gasteiger partial charge in [-0.25, -0.2) is 0 Å². The van der Waals surface area contributed by atoms with E-state index >= 15 is 0 Å². The highest BCUT2D eigenvalue weighted by Gasteiger charge is 2.34. The van der Waals surface area contributed by atoms with E-state index in [4.69, 9.17) is 5.73 Å². The van der Waals surface area contributed by atoms with Gasteiger partial charge in [0.15, 0.2) is 0 Å². The van der Waals surface area contributed by atoms with Crippen LogP contribution in [0.15, 0.2) is 0 Å². The van der Waals surface area contributed by atoms with Gasteiger partial charge in [0.05, 0.1) is 0 Å². The van der Waals surface area contributed by atoms with Crippen molar-refractivity contribution >= 4 is 0 Å². The topological polar surface area (TPSA) is 32.5 Å². The summed E-state index contributed by atoms with van der Waals surface area (Å²) >= 11 is 0. The lowest BCUT2D eigenvalue weighted by Crippen LogP contribution is -2.45. The van der Waals surface area contributed by atoms with E-state index < -0.39 is 0 Å². The zero-order chi connectivity index (χ0) is 13.0. The second-order valence-corrected chi connectivity index (χ2v) is 6.82. The molecule has 2 fully saturated rings. The lowest BCUT2D eigenvalue weighted by atomic mass is 9.70. The summed E-state index contributed by atoms with van der Waals surface area (Å²) in [6.45, 7) is 9.48. The molecule has 1 saturated heterocycles. The summed E-state index contributed by atoms with van der Waals surface area (Å²) in [5, 5.41) is 0. The molecule has 1 saturated carbocycles. The summed E-state index contributed by atoms with van der Waals surface area (Å²) in [5.41, 5.74) is 6.56. The third-order valence-electron chi connectivity index (χ3n) is 5.14. The molecule has 0 radical (unpaired) electrons. The third-order valence-corrected chi connectivity index (χ3v) is 5.14. The van der Waals surface area contributed by atoms with Crippen LogP contribution in [0.4, 0.5) is 0 Å². The molecule has 0 aromatic rings. The maximum Gasteiger partial charge on any atom is 0.0109 e. The van der Waals surface area contributed by atoms with Crippen LogP contribution in [0.5, 0.6) is 0 Å². The van der Waals surface area contributed by atoms with Gasteiger partial charge in [-0.15, -0.1) is 0 Å². The number of rotatable bonds is 3. The van der Waals surface area contributed by atoms with Gasteiger partial charge in [-0.3, -0.25) is 0 Å². The molecule has 0 spiro atoms. The van der Waals surface area contributed by atoms with Crippen molar-refractivity contribution < 1.29 is 0 Å². The Labute approximate surface area is 113 Å². The van der Waals surface area contributed by atoms with Crippen LogP contribution in [0.1, 0.15) is 39.0 Å². The molecule has 3 heteroatoms. The first kappa shape index (κ1) is 14.3. The quantitative estimate of drug-likeness (QED) is 0.832. The van der Waals surface area contributed by atoms with Gasteiger partial charge in [-0.2, -0.15) is 0 Å². The van der Waals surface area contributed by atoms with Crippen LogP contribution in [0.25, 0.3) is 0 Å². The molecule has 0 bridgehead atoms. The Morgan fingerprint density at radius 1 is 1.11 bits per heavy atom. The average molecular weight is 253 g/mol. The first-order valence-electron chi connectivity index (χ1n) is 7.74. The molecule has 2 N–H and O–H groups in total. The van der Waals surface area contributed by atoms with Crippen LogP contribution >= 0.6 is 0 Å². The van der Waals surface area contributed by atoms with E-state index in [1.807, 2.05) is 0 Å². The lowest BCUT2D eigenvalue weighted by Gasteiger charge is -2.42. The Balaban J connectivity index is 1.89. The Kier molecular flexibility index (Phi) is 5.05. The van der Waals surface area contributed by atoms with Crippen LogP contribution in [-0.2, 0) is 0 Å². The molecule has 3 nitrogen and oxygen atoms in total. The van der Waals surface area contributed by atoms with Crippen molar-refractivity contribution in [3.63, 3.8) is 0 Å². The highest BCUT2D eigenvalue weighted by molar-refractivity contribution is 4.89. The summed E-state index contributed by atoms with van der Waals surface area (Å²) in [4.78, 5) is 5.13. The monoisotopic (exact) mass is 253 g/mol. The number of hydrogen-bond acceptors (Lipinski definition) is 3. The normalized spacial score (nSPS) is 36.5. The van der Waals surface area contributed by atoms with Crippen LogP contribution in [0, 0.1) is 11.3 Å². The Bertz CT molecular complexity index is 246. The summed E-state index contributed by atoms with van der Waals surface area (Å²) in [6.07, 6.45) is 6.76. The first-order chi connectivity index (χ1) is 8.63. The van der Waals surface area contributed by atoms with Crippen LogP contribution in [0.3, 0.4) is 0 Å². The molecule has 0 aromatic heterocycles. The molecule has 1 aliphatic carbocycles. The standard InChI is InChI=1S/C15H31N3/c1-14-4-6-15(12-16,7-5-14)13-18-9-3-8-17(2)10-11-18/h14H,3-13,16H2,1-2H3. The molecular formula is C15H31N3. The van der Waals surface area contributed by atoms with E-state index in [1.165, 1.54) is 64.8 Å². The Morgan fingerprint density at radius 2 is 1.83 bits per heavy atom. The minimum Gasteiger partial charge on any atom is -0.330 e. The van der Waals surface area contributed by atoms with Crippen molar-refractivity contribution in [1.29, 1.82) is 0 Å². The number of likely N-dealkylation sites (N-methyl/N-ethyl adjacent to an activating group) is 1. The van der Waals surface area contributed by atoms with E-state index in [1.54, 1.807) is 0 Å². The van der Waals surface area contributed by atoms with E-state index in [9.17, 15) is 0 Å². The average Bonchev–Trinajstić information content (AvgIpc) is 2.58. The largest absolute Gasteiger partial charge is 0.330 e. The van der Waals surface area contributed by atoms with Gasteiger partial charge in [0, 0.05) is 19.6 Å². The number of nitrogens with zero attached hydrogens (tertiary/aromatic N) is 2. The second kappa shape index (κ2) is 6.36. The summed E-state index contributed by atoms with van der Waals surface area (Å²) in [6, 6.07) is 0. The van der Waals surface area contributed by atoms with Crippen molar-refractivity contribution in [1.82, 2.24) is 9.80 Å². The summed E-state index contributed by atoms with van der Waals surface area (Å²) in [5.74, 6) is 0.917. The van der Waals surface area contributed by atoms with Crippen molar-refractivity contribution in [3.05, 3.63) is 0 Å². The highest BCUT2D eigenvalue weighted by Crippen LogP contribution is 2.38. The summed E-state index contributed by atoms with van der Waals surface area (Å²) < 4.78 is 0. The van der Waals surface area contributed by atoms with E-state index in [2.05, 4.69) is 23.8 Å². The van der Waals surface area contributed by atoms with Crippen LogP contribution < -0.4 is 5.73 Å². The number of nitrogens with two attached hydrogens (primary N) is 1. The van der Waals surface area contributed by atoms with E-state index in [0.29, 0.717) is 5.41 Å². The van der Waals surface area contributed by atoms with Crippen molar-refractivity contribution in [2.75, 3.05) is 46.3 Å². The molecule has 2 aliphatic rings. The van der Waals surface area contributed by atoms with Gasteiger partial charge in [-0.05, 0) is 57.3 Å². The van der Waals surface area contributed by atoms with Gasteiger partial charge >= 0.3 is 0 Å². The van der Waals surface area contributed by atoms with E-state index in [0.717, 1.165) is 12.5 Å². The first-order valence-corrected chi connectivity index (χ1v) is 7.74. The van der Waals surface area contributed by atoms with Gasteiger partial charge in [0.2, 0.25) is 0 Å². The fourth-order valence-corrected chi connectivity index (χ4v) is 3.53. The molecule has 0 amide bonds. The van der Waals surface area contributed by atoms with Crippen LogP contribution in [0.2, 0.25) is 0 Å².